The first kappa shape index (κ1) is 12.8. The molecule has 1 aromatic rings. The number of nitrogens with two attached hydrogens (primary N) is 1. The van der Waals surface area contributed by atoms with E-state index in [1.54, 1.807) is 6.20 Å². The van der Waals surface area contributed by atoms with E-state index in [1.165, 1.54) is 0 Å². The Morgan fingerprint density at radius 2 is 2.50 bits per heavy atom. The minimum absolute atomic E-state index is 0.00606. The second kappa shape index (κ2) is 5.82. The molecule has 0 aromatic carbocycles. The van der Waals surface area contributed by atoms with Gasteiger partial charge in [0.1, 0.15) is 5.82 Å². The number of hydrogen-bond donors (Lipinski definition) is 2. The summed E-state index contributed by atoms with van der Waals surface area (Å²) in [6, 6.07) is 4.00. The molecule has 1 aliphatic heterocycles. The van der Waals surface area contributed by atoms with E-state index in [1.807, 2.05) is 13.1 Å². The van der Waals surface area contributed by atoms with Gasteiger partial charge in [0.2, 0.25) is 5.91 Å². The molecular formula is C13H20N4O. The molecule has 1 unspecified atom stereocenters. The average molecular weight is 248 g/mol. The summed E-state index contributed by atoms with van der Waals surface area (Å²) < 4.78 is 0. The van der Waals surface area contributed by atoms with Crippen LogP contribution in [0.5, 0.6) is 0 Å². The van der Waals surface area contributed by atoms with E-state index in [0.717, 1.165) is 43.9 Å². The molecule has 1 fully saturated rings. The number of amides is 1. The number of hydrogen-bond acceptors (Lipinski definition) is 4. The molecule has 2 heterocycles. The molecule has 1 aromatic heterocycles. The van der Waals surface area contributed by atoms with Gasteiger partial charge < -0.3 is 11.1 Å². The fourth-order valence-corrected chi connectivity index (χ4v) is 2.46. The lowest BCUT2D eigenvalue weighted by Crippen LogP contribution is -2.40. The summed E-state index contributed by atoms with van der Waals surface area (Å²) in [7, 11) is 1.87. The number of anilines is 1. The number of primary amides is 1. The van der Waals surface area contributed by atoms with Crippen molar-refractivity contribution in [3.05, 3.63) is 23.9 Å². The Morgan fingerprint density at radius 1 is 1.67 bits per heavy atom. The summed E-state index contributed by atoms with van der Waals surface area (Å²) >= 11 is 0. The van der Waals surface area contributed by atoms with E-state index in [9.17, 15) is 4.79 Å². The molecule has 98 valence electrons. The van der Waals surface area contributed by atoms with E-state index < -0.39 is 0 Å². The molecule has 5 nitrogen and oxygen atoms in total. The first-order valence-corrected chi connectivity index (χ1v) is 6.34. The zero-order valence-corrected chi connectivity index (χ0v) is 10.7. The number of pyridine rings is 1. The van der Waals surface area contributed by atoms with Gasteiger partial charge in [-0.1, -0.05) is 6.07 Å². The summed E-state index contributed by atoms with van der Waals surface area (Å²) in [5.74, 6) is 0.715. The second-order valence-electron chi connectivity index (χ2n) is 4.74. The topological polar surface area (TPSA) is 71.2 Å². The van der Waals surface area contributed by atoms with Crippen LogP contribution in [0.2, 0.25) is 0 Å². The van der Waals surface area contributed by atoms with Crippen LogP contribution in [0, 0.1) is 5.92 Å². The largest absolute Gasteiger partial charge is 0.373 e. The molecular weight excluding hydrogens is 228 g/mol. The number of nitrogens with one attached hydrogen (secondary N) is 1. The van der Waals surface area contributed by atoms with Gasteiger partial charge in [-0.2, -0.15) is 0 Å². The van der Waals surface area contributed by atoms with E-state index >= 15 is 0 Å². The van der Waals surface area contributed by atoms with Crippen molar-refractivity contribution in [2.75, 3.05) is 25.5 Å². The highest BCUT2D eigenvalue weighted by Gasteiger charge is 2.24. The lowest BCUT2D eigenvalue weighted by Gasteiger charge is -2.31. The summed E-state index contributed by atoms with van der Waals surface area (Å²) in [5.41, 5.74) is 6.55. The van der Waals surface area contributed by atoms with Crippen LogP contribution in [0.1, 0.15) is 18.4 Å². The Balaban J connectivity index is 2.02. The maximum absolute atomic E-state index is 11.2. The number of aromatic nitrogens is 1. The van der Waals surface area contributed by atoms with Gasteiger partial charge in [-0.3, -0.25) is 9.69 Å². The number of nitrogens with zero attached hydrogens (tertiary/aromatic N) is 2. The lowest BCUT2D eigenvalue weighted by atomic mass is 9.97. The molecule has 0 saturated carbocycles. The predicted octanol–water partition coefficient (Wildman–Crippen LogP) is 0.821. The molecule has 0 aliphatic carbocycles. The van der Waals surface area contributed by atoms with Gasteiger partial charge in [0, 0.05) is 31.9 Å². The molecule has 2 rings (SSSR count). The number of likely N-dealkylation sites (tertiary alicyclic amines) is 1. The monoisotopic (exact) mass is 248 g/mol. The fraction of sp³-hybridized carbons (Fsp3) is 0.538. The molecule has 1 amide bonds. The van der Waals surface area contributed by atoms with E-state index in [-0.39, 0.29) is 11.8 Å². The number of carbonyl (C=O) groups is 1. The van der Waals surface area contributed by atoms with Crippen LogP contribution in [0.3, 0.4) is 0 Å². The highest BCUT2D eigenvalue weighted by Crippen LogP contribution is 2.20. The number of carbonyl (C=O) groups excluding carboxylic acids is 1. The van der Waals surface area contributed by atoms with Crippen molar-refractivity contribution in [3.63, 3.8) is 0 Å². The van der Waals surface area contributed by atoms with E-state index in [0.29, 0.717) is 0 Å². The van der Waals surface area contributed by atoms with E-state index in [2.05, 4.69) is 21.3 Å². The van der Waals surface area contributed by atoms with Gasteiger partial charge in [-0.25, -0.2) is 4.98 Å². The Morgan fingerprint density at radius 3 is 3.22 bits per heavy atom. The number of rotatable bonds is 4. The van der Waals surface area contributed by atoms with Crippen molar-refractivity contribution in [1.82, 2.24) is 9.88 Å². The molecule has 0 spiro atoms. The lowest BCUT2D eigenvalue weighted by molar-refractivity contribution is -0.123. The summed E-state index contributed by atoms with van der Waals surface area (Å²) in [6.45, 7) is 2.59. The van der Waals surface area contributed by atoms with Crippen molar-refractivity contribution in [1.29, 1.82) is 0 Å². The first-order valence-electron chi connectivity index (χ1n) is 6.34. The van der Waals surface area contributed by atoms with Crippen LogP contribution in [0.25, 0.3) is 0 Å². The van der Waals surface area contributed by atoms with Crippen molar-refractivity contribution >= 4 is 11.7 Å². The Kier molecular flexibility index (Phi) is 4.15. The molecule has 5 heteroatoms. The Hall–Kier alpha value is -1.62. The molecule has 3 N–H and O–H groups in total. The van der Waals surface area contributed by atoms with Crippen LogP contribution in [0.4, 0.5) is 5.82 Å². The third-order valence-corrected chi connectivity index (χ3v) is 3.43. The summed E-state index contributed by atoms with van der Waals surface area (Å²) in [5, 5.41) is 3.09. The maximum Gasteiger partial charge on any atom is 0.221 e. The van der Waals surface area contributed by atoms with Crippen molar-refractivity contribution in [2.45, 2.75) is 19.4 Å². The highest BCUT2D eigenvalue weighted by molar-refractivity contribution is 5.76. The van der Waals surface area contributed by atoms with Gasteiger partial charge in [-0.05, 0) is 25.5 Å². The van der Waals surface area contributed by atoms with Crippen LogP contribution >= 0.6 is 0 Å². The number of piperidine rings is 1. The predicted molar refractivity (Wildman–Crippen MR) is 71.0 cm³/mol. The molecule has 0 radical (unpaired) electrons. The third kappa shape index (κ3) is 2.98. The Bertz CT molecular complexity index is 421. The van der Waals surface area contributed by atoms with Gasteiger partial charge in [0.25, 0.3) is 0 Å². The smallest absolute Gasteiger partial charge is 0.221 e. The molecule has 18 heavy (non-hydrogen) atoms. The van der Waals surface area contributed by atoms with Crippen molar-refractivity contribution in [2.24, 2.45) is 11.7 Å². The minimum atomic E-state index is -0.181. The van der Waals surface area contributed by atoms with Crippen LogP contribution in [-0.2, 0) is 11.3 Å². The Labute approximate surface area is 107 Å². The van der Waals surface area contributed by atoms with Gasteiger partial charge in [0.05, 0.1) is 5.92 Å². The maximum atomic E-state index is 11.2. The fourth-order valence-electron chi connectivity index (χ4n) is 2.46. The SMILES string of the molecule is CNc1ncccc1CN1CCCC(C(N)=O)C1. The third-order valence-electron chi connectivity index (χ3n) is 3.43. The van der Waals surface area contributed by atoms with Crippen LogP contribution < -0.4 is 11.1 Å². The van der Waals surface area contributed by atoms with Crippen molar-refractivity contribution in [3.8, 4) is 0 Å². The zero-order chi connectivity index (χ0) is 13.0. The van der Waals surface area contributed by atoms with Crippen LogP contribution in [-0.4, -0.2) is 35.9 Å². The molecule has 0 bridgehead atoms. The standard InChI is InChI=1S/C13H20N4O/c1-15-13-11(4-2-6-16-13)9-17-7-3-5-10(8-17)12(14)18/h2,4,6,10H,3,5,7-9H2,1H3,(H2,14,18)(H,15,16). The van der Waals surface area contributed by atoms with Gasteiger partial charge in [0.15, 0.2) is 0 Å². The van der Waals surface area contributed by atoms with Crippen molar-refractivity contribution < 1.29 is 4.79 Å². The quantitative estimate of drug-likeness (QED) is 0.827. The average Bonchev–Trinajstić information content (AvgIpc) is 2.39. The second-order valence-corrected chi connectivity index (χ2v) is 4.74. The highest BCUT2D eigenvalue weighted by atomic mass is 16.1. The van der Waals surface area contributed by atoms with Gasteiger partial charge in [-0.15, -0.1) is 0 Å². The molecule has 1 atom stereocenters. The van der Waals surface area contributed by atoms with Gasteiger partial charge >= 0.3 is 0 Å². The normalized spacial score (nSPS) is 20.6. The molecule has 1 aliphatic rings. The first-order chi connectivity index (χ1) is 8.70. The zero-order valence-electron chi connectivity index (χ0n) is 10.7. The molecule has 1 saturated heterocycles. The van der Waals surface area contributed by atoms with E-state index in [4.69, 9.17) is 5.73 Å². The minimum Gasteiger partial charge on any atom is -0.373 e. The summed E-state index contributed by atoms with van der Waals surface area (Å²) in [6.07, 6.45) is 3.72. The van der Waals surface area contributed by atoms with Crippen LogP contribution in [0.15, 0.2) is 18.3 Å². The summed E-state index contributed by atoms with van der Waals surface area (Å²) in [4.78, 5) is 17.8.